The molecule has 0 saturated heterocycles. The quantitative estimate of drug-likeness (QED) is 0.886. The van der Waals surface area contributed by atoms with Gasteiger partial charge < -0.3 is 15.8 Å². The van der Waals surface area contributed by atoms with E-state index in [1.165, 1.54) is 25.3 Å². The molecule has 0 aliphatic rings. The van der Waals surface area contributed by atoms with E-state index in [9.17, 15) is 9.18 Å². The number of hydrogen-bond acceptors (Lipinski definition) is 3. The maximum absolute atomic E-state index is 13.4. The van der Waals surface area contributed by atoms with Crippen molar-refractivity contribution in [1.82, 2.24) is 0 Å². The SMILES string of the molecule is COc1ccc(F)c(NC(=O)[C@@H](N)C(C)C)c1.Cl. The van der Waals surface area contributed by atoms with Gasteiger partial charge in [0, 0.05) is 6.07 Å². The van der Waals surface area contributed by atoms with Gasteiger partial charge in [-0.2, -0.15) is 0 Å². The van der Waals surface area contributed by atoms with Gasteiger partial charge in [0.25, 0.3) is 0 Å². The number of anilines is 1. The molecule has 0 aliphatic carbocycles. The fraction of sp³-hybridized carbons (Fsp3) is 0.417. The molecule has 0 aliphatic heterocycles. The van der Waals surface area contributed by atoms with E-state index >= 15 is 0 Å². The van der Waals surface area contributed by atoms with E-state index in [0.717, 1.165) is 0 Å². The zero-order valence-corrected chi connectivity index (χ0v) is 11.4. The second-order valence-corrected chi connectivity index (χ2v) is 4.10. The molecule has 0 heterocycles. The van der Waals surface area contributed by atoms with Crippen molar-refractivity contribution in [2.75, 3.05) is 12.4 Å². The molecule has 0 radical (unpaired) electrons. The van der Waals surface area contributed by atoms with Gasteiger partial charge in [-0.1, -0.05) is 13.8 Å². The number of halogens is 2. The second-order valence-electron chi connectivity index (χ2n) is 4.10. The lowest BCUT2D eigenvalue weighted by Crippen LogP contribution is -2.39. The number of rotatable bonds is 4. The zero-order chi connectivity index (χ0) is 13.0. The monoisotopic (exact) mass is 276 g/mol. The van der Waals surface area contributed by atoms with Gasteiger partial charge in [0.05, 0.1) is 18.8 Å². The molecule has 1 amide bonds. The van der Waals surface area contributed by atoms with Crippen molar-refractivity contribution in [2.24, 2.45) is 11.7 Å². The van der Waals surface area contributed by atoms with E-state index in [2.05, 4.69) is 5.32 Å². The van der Waals surface area contributed by atoms with Gasteiger partial charge in [-0.15, -0.1) is 12.4 Å². The third-order valence-corrected chi connectivity index (χ3v) is 2.45. The third-order valence-electron chi connectivity index (χ3n) is 2.45. The van der Waals surface area contributed by atoms with Crippen LogP contribution in [-0.4, -0.2) is 19.1 Å². The maximum Gasteiger partial charge on any atom is 0.241 e. The molecule has 6 heteroatoms. The maximum atomic E-state index is 13.4. The van der Waals surface area contributed by atoms with Crippen LogP contribution in [0.2, 0.25) is 0 Å². The minimum atomic E-state index is -0.666. The molecule has 1 atom stereocenters. The summed E-state index contributed by atoms with van der Waals surface area (Å²) in [6, 6.07) is 3.46. The summed E-state index contributed by atoms with van der Waals surface area (Å²) < 4.78 is 18.4. The van der Waals surface area contributed by atoms with Crippen LogP contribution < -0.4 is 15.8 Å². The second kappa shape index (κ2) is 7.18. The smallest absolute Gasteiger partial charge is 0.241 e. The number of nitrogens with one attached hydrogen (secondary N) is 1. The highest BCUT2D eigenvalue weighted by atomic mass is 35.5. The van der Waals surface area contributed by atoms with Crippen LogP contribution in [0.4, 0.5) is 10.1 Å². The van der Waals surface area contributed by atoms with Crippen molar-refractivity contribution in [3.05, 3.63) is 24.0 Å². The number of benzene rings is 1. The molecule has 102 valence electrons. The van der Waals surface area contributed by atoms with Gasteiger partial charge in [0.15, 0.2) is 0 Å². The largest absolute Gasteiger partial charge is 0.497 e. The molecular formula is C12H18ClFN2O2. The summed E-state index contributed by atoms with van der Waals surface area (Å²) in [7, 11) is 1.47. The van der Waals surface area contributed by atoms with Crippen LogP contribution in [0.15, 0.2) is 18.2 Å². The van der Waals surface area contributed by atoms with Crippen LogP contribution in [-0.2, 0) is 4.79 Å². The molecule has 3 N–H and O–H groups in total. The van der Waals surface area contributed by atoms with E-state index in [0.29, 0.717) is 5.75 Å². The number of hydrogen-bond donors (Lipinski definition) is 2. The number of nitrogens with two attached hydrogens (primary N) is 1. The Morgan fingerprint density at radius 3 is 2.56 bits per heavy atom. The number of carbonyl (C=O) groups excluding carboxylic acids is 1. The van der Waals surface area contributed by atoms with Crippen LogP contribution in [0.1, 0.15) is 13.8 Å². The Labute approximate surface area is 112 Å². The van der Waals surface area contributed by atoms with E-state index in [1.54, 1.807) is 0 Å². The Hall–Kier alpha value is -1.33. The Morgan fingerprint density at radius 2 is 2.06 bits per heavy atom. The first-order valence-electron chi connectivity index (χ1n) is 5.35. The van der Waals surface area contributed by atoms with Gasteiger partial charge in [-0.05, 0) is 18.1 Å². The third kappa shape index (κ3) is 4.16. The first kappa shape index (κ1) is 16.7. The van der Waals surface area contributed by atoms with Crippen LogP contribution >= 0.6 is 12.4 Å². The lowest BCUT2D eigenvalue weighted by Gasteiger charge is -2.16. The number of methoxy groups -OCH3 is 1. The Kier molecular flexibility index (Phi) is 6.65. The van der Waals surface area contributed by atoms with E-state index in [1.807, 2.05) is 13.8 Å². The first-order chi connectivity index (χ1) is 7.95. The summed E-state index contributed by atoms with van der Waals surface area (Å²) in [4.78, 5) is 11.7. The van der Waals surface area contributed by atoms with Gasteiger partial charge in [0.2, 0.25) is 5.91 Å². The summed E-state index contributed by atoms with van der Waals surface area (Å²) in [5.41, 5.74) is 5.74. The zero-order valence-electron chi connectivity index (χ0n) is 10.6. The normalized spacial score (nSPS) is 11.7. The fourth-order valence-corrected chi connectivity index (χ4v) is 1.25. The van der Waals surface area contributed by atoms with Crippen molar-refractivity contribution in [1.29, 1.82) is 0 Å². The average molecular weight is 277 g/mol. The van der Waals surface area contributed by atoms with E-state index in [4.69, 9.17) is 10.5 Å². The first-order valence-corrected chi connectivity index (χ1v) is 5.35. The molecule has 0 fully saturated rings. The molecule has 0 aromatic heterocycles. The molecule has 4 nitrogen and oxygen atoms in total. The molecular weight excluding hydrogens is 259 g/mol. The lowest BCUT2D eigenvalue weighted by atomic mass is 10.0. The predicted molar refractivity (Wildman–Crippen MR) is 71.6 cm³/mol. The summed E-state index contributed by atoms with van der Waals surface area (Å²) in [5, 5.41) is 2.45. The van der Waals surface area contributed by atoms with Crippen molar-refractivity contribution in [3.63, 3.8) is 0 Å². The number of ether oxygens (including phenoxy) is 1. The van der Waals surface area contributed by atoms with Gasteiger partial charge in [0.1, 0.15) is 11.6 Å². The van der Waals surface area contributed by atoms with Gasteiger partial charge >= 0.3 is 0 Å². The Morgan fingerprint density at radius 1 is 1.44 bits per heavy atom. The van der Waals surface area contributed by atoms with Gasteiger partial charge in [-0.3, -0.25) is 4.79 Å². The summed E-state index contributed by atoms with van der Waals surface area (Å²) in [5.74, 6) is -0.467. The Balaban J connectivity index is 0.00000289. The van der Waals surface area contributed by atoms with Crippen LogP contribution in [0, 0.1) is 11.7 Å². The van der Waals surface area contributed by atoms with E-state index < -0.39 is 17.8 Å². The van der Waals surface area contributed by atoms with Crippen LogP contribution in [0.5, 0.6) is 5.75 Å². The molecule has 0 spiro atoms. The summed E-state index contributed by atoms with van der Waals surface area (Å²) >= 11 is 0. The summed E-state index contributed by atoms with van der Waals surface area (Å²) in [6.45, 7) is 3.65. The van der Waals surface area contributed by atoms with E-state index in [-0.39, 0.29) is 24.0 Å². The molecule has 1 rings (SSSR count). The molecule has 18 heavy (non-hydrogen) atoms. The van der Waals surface area contributed by atoms with Crippen molar-refractivity contribution >= 4 is 24.0 Å². The van der Waals surface area contributed by atoms with Crippen molar-refractivity contribution in [2.45, 2.75) is 19.9 Å². The molecule has 0 saturated carbocycles. The van der Waals surface area contributed by atoms with Crippen molar-refractivity contribution < 1.29 is 13.9 Å². The minimum Gasteiger partial charge on any atom is -0.497 e. The predicted octanol–water partition coefficient (Wildman–Crippen LogP) is 2.18. The van der Waals surface area contributed by atoms with Gasteiger partial charge in [-0.25, -0.2) is 4.39 Å². The average Bonchev–Trinajstić information content (AvgIpc) is 2.30. The molecule has 1 aromatic carbocycles. The molecule has 0 bridgehead atoms. The fourth-order valence-electron chi connectivity index (χ4n) is 1.25. The number of amides is 1. The molecule has 0 unspecified atom stereocenters. The highest BCUT2D eigenvalue weighted by Crippen LogP contribution is 2.21. The number of carbonyl (C=O) groups is 1. The van der Waals surface area contributed by atoms with Crippen molar-refractivity contribution in [3.8, 4) is 5.75 Å². The standard InChI is InChI=1S/C12H17FN2O2.ClH/c1-7(2)11(14)12(16)15-10-6-8(17-3)4-5-9(10)13;/h4-7,11H,14H2,1-3H3,(H,15,16);1H/t11-;/m0./s1. The summed E-state index contributed by atoms with van der Waals surface area (Å²) in [6.07, 6.45) is 0. The highest BCUT2D eigenvalue weighted by Gasteiger charge is 2.18. The lowest BCUT2D eigenvalue weighted by molar-refractivity contribution is -0.118. The minimum absolute atomic E-state index is 0. The van der Waals surface area contributed by atoms with Crippen LogP contribution in [0.3, 0.4) is 0 Å². The topological polar surface area (TPSA) is 64.3 Å². The molecule has 1 aromatic rings. The Bertz CT molecular complexity index is 413. The van der Waals surface area contributed by atoms with Crippen LogP contribution in [0.25, 0.3) is 0 Å². The highest BCUT2D eigenvalue weighted by molar-refractivity contribution is 5.95.